The largest absolute Gasteiger partial charge is 0.378 e. The van der Waals surface area contributed by atoms with Crippen molar-refractivity contribution in [3.8, 4) is 0 Å². The highest BCUT2D eigenvalue weighted by Gasteiger charge is 2.07. The molecule has 1 aromatic carbocycles. The highest BCUT2D eigenvalue weighted by Crippen LogP contribution is 2.12. The van der Waals surface area contributed by atoms with Gasteiger partial charge in [0.25, 0.3) is 5.91 Å². The number of hydrogen-bond acceptors (Lipinski definition) is 4. The number of benzene rings is 1. The minimum absolute atomic E-state index is 0.227. The molecule has 0 aliphatic rings. The number of anilines is 2. The maximum absolute atomic E-state index is 12.2. The molecule has 0 unspecified atom stereocenters. The van der Waals surface area contributed by atoms with E-state index in [1.165, 1.54) is 0 Å². The Morgan fingerprint density at radius 1 is 0.958 bits per heavy atom. The lowest BCUT2D eigenvalue weighted by molar-refractivity contribution is 0.102. The van der Waals surface area contributed by atoms with Crippen molar-refractivity contribution in [2.45, 2.75) is 13.5 Å². The van der Waals surface area contributed by atoms with E-state index < -0.39 is 0 Å². The maximum Gasteiger partial charge on any atom is 0.274 e. The van der Waals surface area contributed by atoms with Crippen LogP contribution in [0.1, 0.15) is 21.7 Å². The van der Waals surface area contributed by atoms with E-state index in [1.807, 2.05) is 55.5 Å². The van der Waals surface area contributed by atoms with Gasteiger partial charge in [-0.1, -0.05) is 23.8 Å². The summed E-state index contributed by atoms with van der Waals surface area (Å²) in [5.41, 5.74) is 4.06. The molecule has 2 N–H and O–H groups in total. The molecule has 1 amide bonds. The summed E-state index contributed by atoms with van der Waals surface area (Å²) in [5, 5.41) is 6.06. The normalized spacial score (nSPS) is 10.2. The van der Waals surface area contributed by atoms with Crippen LogP contribution in [0.25, 0.3) is 0 Å². The van der Waals surface area contributed by atoms with Crippen molar-refractivity contribution < 1.29 is 4.79 Å². The second kappa shape index (κ2) is 7.37. The molecule has 0 spiro atoms. The molecule has 2 aromatic heterocycles. The second-order valence-corrected chi connectivity index (χ2v) is 5.43. The van der Waals surface area contributed by atoms with Crippen LogP contribution in [0.15, 0.2) is 67.0 Å². The lowest BCUT2D eigenvalue weighted by atomic mass is 10.2. The van der Waals surface area contributed by atoms with E-state index in [1.54, 1.807) is 18.5 Å². The topological polar surface area (TPSA) is 66.9 Å². The van der Waals surface area contributed by atoms with Crippen molar-refractivity contribution in [2.24, 2.45) is 0 Å². The average Bonchev–Trinajstić information content (AvgIpc) is 2.63. The van der Waals surface area contributed by atoms with E-state index in [0.717, 1.165) is 22.6 Å². The molecule has 0 saturated heterocycles. The van der Waals surface area contributed by atoms with Gasteiger partial charge in [0.15, 0.2) is 0 Å². The van der Waals surface area contributed by atoms with E-state index in [2.05, 4.69) is 20.6 Å². The molecule has 0 saturated carbocycles. The van der Waals surface area contributed by atoms with Crippen molar-refractivity contribution in [3.63, 3.8) is 0 Å². The minimum Gasteiger partial charge on any atom is -0.378 e. The van der Waals surface area contributed by atoms with Gasteiger partial charge in [0, 0.05) is 11.9 Å². The van der Waals surface area contributed by atoms with Crippen molar-refractivity contribution in [1.82, 2.24) is 9.97 Å². The summed E-state index contributed by atoms with van der Waals surface area (Å²) >= 11 is 0. The quantitative estimate of drug-likeness (QED) is 0.753. The van der Waals surface area contributed by atoms with Crippen LogP contribution in [0.5, 0.6) is 0 Å². The van der Waals surface area contributed by atoms with Gasteiger partial charge < -0.3 is 10.6 Å². The van der Waals surface area contributed by atoms with E-state index in [9.17, 15) is 4.79 Å². The van der Waals surface area contributed by atoms with Crippen LogP contribution in [0.2, 0.25) is 0 Å². The number of nitrogens with zero attached hydrogens (tertiary/aromatic N) is 2. The first-order valence-electron chi connectivity index (χ1n) is 7.68. The maximum atomic E-state index is 12.2. The molecule has 0 atom stereocenters. The van der Waals surface area contributed by atoms with Crippen molar-refractivity contribution in [2.75, 3.05) is 10.6 Å². The van der Waals surface area contributed by atoms with Crippen LogP contribution in [0.4, 0.5) is 11.4 Å². The van der Waals surface area contributed by atoms with Crippen LogP contribution in [0.3, 0.4) is 0 Å². The van der Waals surface area contributed by atoms with Crippen LogP contribution in [-0.4, -0.2) is 15.9 Å². The first kappa shape index (κ1) is 15.7. The predicted molar refractivity (Wildman–Crippen MR) is 94.9 cm³/mol. The van der Waals surface area contributed by atoms with E-state index in [4.69, 9.17) is 0 Å². The van der Waals surface area contributed by atoms with Gasteiger partial charge in [0.05, 0.1) is 24.1 Å². The number of aromatic nitrogens is 2. The van der Waals surface area contributed by atoms with Gasteiger partial charge in [-0.25, -0.2) is 4.98 Å². The van der Waals surface area contributed by atoms with Crippen LogP contribution in [-0.2, 0) is 6.54 Å². The molecular formula is C19H18N4O. The first-order chi connectivity index (χ1) is 11.7. The second-order valence-electron chi connectivity index (χ2n) is 5.43. The summed E-state index contributed by atoms with van der Waals surface area (Å²) in [6, 6.07) is 17.0. The Morgan fingerprint density at radius 2 is 1.75 bits per heavy atom. The van der Waals surface area contributed by atoms with E-state index in [0.29, 0.717) is 12.2 Å². The fourth-order valence-electron chi connectivity index (χ4n) is 2.16. The minimum atomic E-state index is -0.227. The Hall–Kier alpha value is -3.21. The Balaban J connectivity index is 1.59. The lowest BCUT2D eigenvalue weighted by Crippen LogP contribution is -2.13. The number of pyridine rings is 2. The summed E-state index contributed by atoms with van der Waals surface area (Å²) in [7, 11) is 0. The van der Waals surface area contributed by atoms with Gasteiger partial charge in [0.2, 0.25) is 0 Å². The summed E-state index contributed by atoms with van der Waals surface area (Å²) < 4.78 is 0. The highest BCUT2D eigenvalue weighted by molar-refractivity contribution is 6.02. The van der Waals surface area contributed by atoms with E-state index >= 15 is 0 Å². The molecule has 0 aliphatic heterocycles. The third-order valence-electron chi connectivity index (χ3n) is 3.51. The number of rotatable bonds is 5. The van der Waals surface area contributed by atoms with Crippen LogP contribution >= 0.6 is 0 Å². The highest BCUT2D eigenvalue weighted by atomic mass is 16.1. The zero-order chi connectivity index (χ0) is 16.8. The smallest absolute Gasteiger partial charge is 0.274 e. The summed E-state index contributed by atoms with van der Waals surface area (Å²) in [6.07, 6.45) is 3.40. The fraction of sp³-hybridized carbons (Fsp3) is 0.105. The average molecular weight is 318 g/mol. The Labute approximate surface area is 140 Å². The number of hydrogen-bond donors (Lipinski definition) is 2. The first-order valence-corrected chi connectivity index (χ1v) is 7.68. The number of aryl methyl sites for hydroxylation is 1. The molecule has 0 aliphatic carbocycles. The fourth-order valence-corrected chi connectivity index (χ4v) is 2.16. The molecule has 0 bridgehead atoms. The molecular weight excluding hydrogens is 300 g/mol. The van der Waals surface area contributed by atoms with Gasteiger partial charge in [-0.2, -0.15) is 0 Å². The molecule has 3 aromatic rings. The molecule has 2 heterocycles. The number of amides is 1. The standard InChI is InChI=1S/C19H18N4O/c1-14-5-7-15(8-6-14)23-19(24)18-10-9-17(13-22-18)21-12-16-4-2-3-11-20-16/h2-11,13,21H,12H2,1H3,(H,23,24). The third kappa shape index (κ3) is 4.16. The number of carbonyl (C=O) groups excluding carboxylic acids is 1. The Kier molecular flexibility index (Phi) is 4.81. The molecule has 120 valence electrons. The molecule has 5 nitrogen and oxygen atoms in total. The molecule has 5 heteroatoms. The van der Waals surface area contributed by atoms with Crippen molar-refractivity contribution >= 4 is 17.3 Å². The molecule has 0 radical (unpaired) electrons. The third-order valence-corrected chi connectivity index (χ3v) is 3.51. The summed E-state index contributed by atoms with van der Waals surface area (Å²) in [5.74, 6) is -0.227. The van der Waals surface area contributed by atoms with Crippen molar-refractivity contribution in [1.29, 1.82) is 0 Å². The molecule has 0 fully saturated rings. The summed E-state index contributed by atoms with van der Waals surface area (Å²) in [6.45, 7) is 2.61. The van der Waals surface area contributed by atoms with Crippen LogP contribution < -0.4 is 10.6 Å². The lowest BCUT2D eigenvalue weighted by Gasteiger charge is -2.07. The van der Waals surface area contributed by atoms with Crippen LogP contribution in [0, 0.1) is 6.92 Å². The van der Waals surface area contributed by atoms with Gasteiger partial charge >= 0.3 is 0 Å². The van der Waals surface area contributed by atoms with Crippen molar-refractivity contribution in [3.05, 3.63) is 83.9 Å². The number of carbonyl (C=O) groups is 1. The summed E-state index contributed by atoms with van der Waals surface area (Å²) in [4.78, 5) is 20.6. The Morgan fingerprint density at radius 3 is 2.42 bits per heavy atom. The number of nitrogens with one attached hydrogen (secondary N) is 2. The van der Waals surface area contributed by atoms with E-state index in [-0.39, 0.29) is 5.91 Å². The predicted octanol–water partition coefficient (Wildman–Crippen LogP) is 3.65. The van der Waals surface area contributed by atoms with Gasteiger partial charge in [-0.3, -0.25) is 9.78 Å². The van der Waals surface area contributed by atoms with Gasteiger partial charge in [0.1, 0.15) is 5.69 Å². The zero-order valence-electron chi connectivity index (χ0n) is 13.4. The Bertz CT molecular complexity index is 799. The monoisotopic (exact) mass is 318 g/mol. The molecule has 24 heavy (non-hydrogen) atoms. The van der Waals surface area contributed by atoms with Gasteiger partial charge in [-0.15, -0.1) is 0 Å². The van der Waals surface area contributed by atoms with Gasteiger partial charge in [-0.05, 0) is 43.3 Å². The SMILES string of the molecule is Cc1ccc(NC(=O)c2ccc(NCc3ccccn3)cn2)cc1. The zero-order valence-corrected chi connectivity index (χ0v) is 13.4. The molecule has 3 rings (SSSR count).